The van der Waals surface area contributed by atoms with Gasteiger partial charge in [-0.1, -0.05) is 35.9 Å². The largest absolute Gasteiger partial charge is 0.480 e. The van der Waals surface area contributed by atoms with Gasteiger partial charge in [0.25, 0.3) is 5.91 Å². The number of carboxylic acids is 1. The number of pyridine rings is 1. The highest BCUT2D eigenvalue weighted by Crippen LogP contribution is 2.25. The van der Waals surface area contributed by atoms with Crippen LogP contribution in [0.15, 0.2) is 42.5 Å². The number of aromatic nitrogens is 1. The van der Waals surface area contributed by atoms with Gasteiger partial charge in [0, 0.05) is 10.6 Å². The zero-order valence-corrected chi connectivity index (χ0v) is 12.9. The Morgan fingerprint density at radius 1 is 1.14 bits per heavy atom. The van der Waals surface area contributed by atoms with Crippen LogP contribution in [0.1, 0.15) is 24.3 Å². The summed E-state index contributed by atoms with van der Waals surface area (Å²) in [5.74, 6) is -1.68. The first-order valence-corrected chi connectivity index (χ1v) is 6.97. The van der Waals surface area contributed by atoms with E-state index in [9.17, 15) is 9.59 Å². The van der Waals surface area contributed by atoms with Crippen LogP contribution in [0.3, 0.4) is 0 Å². The molecule has 22 heavy (non-hydrogen) atoms. The molecule has 0 saturated heterocycles. The quantitative estimate of drug-likeness (QED) is 0.908. The molecule has 2 N–H and O–H groups in total. The molecule has 1 aromatic heterocycles. The van der Waals surface area contributed by atoms with Crippen LogP contribution in [0.2, 0.25) is 5.02 Å². The smallest absolute Gasteiger partial charge is 0.328 e. The molecule has 0 unspecified atom stereocenters. The third-order valence-corrected chi connectivity index (χ3v) is 3.42. The van der Waals surface area contributed by atoms with Crippen molar-refractivity contribution >= 4 is 23.5 Å². The lowest BCUT2D eigenvalue weighted by molar-refractivity contribution is -0.143. The molecule has 0 aliphatic carbocycles. The molecule has 0 bridgehead atoms. The lowest BCUT2D eigenvalue weighted by Crippen LogP contribution is -2.49. The maximum absolute atomic E-state index is 12.2. The molecule has 0 aliphatic heterocycles. The maximum atomic E-state index is 12.2. The molecule has 0 spiro atoms. The van der Waals surface area contributed by atoms with Crippen molar-refractivity contribution in [1.29, 1.82) is 0 Å². The zero-order valence-electron chi connectivity index (χ0n) is 12.1. The third-order valence-electron chi connectivity index (χ3n) is 3.09. The second-order valence-corrected chi connectivity index (χ2v) is 5.68. The lowest BCUT2D eigenvalue weighted by atomic mass is 10.1. The number of halogens is 1. The number of hydrogen-bond donors (Lipinski definition) is 2. The number of carboxylic acid groups (broad SMARTS) is 1. The predicted molar refractivity (Wildman–Crippen MR) is 83.9 cm³/mol. The number of rotatable bonds is 4. The fraction of sp³-hybridized carbons (Fsp3) is 0.188. The Morgan fingerprint density at radius 2 is 1.82 bits per heavy atom. The van der Waals surface area contributed by atoms with E-state index in [-0.39, 0.29) is 5.69 Å². The molecular weight excluding hydrogens is 304 g/mol. The molecule has 0 fully saturated rings. The Labute approximate surface area is 133 Å². The summed E-state index contributed by atoms with van der Waals surface area (Å²) in [6, 6.07) is 12.1. The van der Waals surface area contributed by atoms with Crippen molar-refractivity contribution in [2.45, 2.75) is 19.4 Å². The van der Waals surface area contributed by atoms with Gasteiger partial charge in [0.15, 0.2) is 0 Å². The molecule has 1 amide bonds. The highest BCUT2D eigenvalue weighted by atomic mass is 35.5. The van der Waals surface area contributed by atoms with E-state index in [1.807, 2.05) is 6.07 Å². The summed E-state index contributed by atoms with van der Waals surface area (Å²) in [5.41, 5.74) is 0.00790. The van der Waals surface area contributed by atoms with Crippen LogP contribution in [0.4, 0.5) is 0 Å². The van der Waals surface area contributed by atoms with Crippen molar-refractivity contribution in [2.75, 3.05) is 0 Å². The first kappa shape index (κ1) is 16.0. The maximum Gasteiger partial charge on any atom is 0.328 e. The predicted octanol–water partition coefficient (Wildman–Crippen LogP) is 3.00. The highest BCUT2D eigenvalue weighted by molar-refractivity contribution is 6.33. The van der Waals surface area contributed by atoms with E-state index >= 15 is 0 Å². The van der Waals surface area contributed by atoms with Gasteiger partial charge in [-0.3, -0.25) is 4.79 Å². The second kappa shape index (κ2) is 6.15. The van der Waals surface area contributed by atoms with Crippen LogP contribution in [-0.2, 0) is 4.79 Å². The Bertz CT molecular complexity index is 729. The van der Waals surface area contributed by atoms with Crippen LogP contribution >= 0.6 is 11.6 Å². The van der Waals surface area contributed by atoms with Crippen molar-refractivity contribution in [3.05, 3.63) is 53.2 Å². The van der Waals surface area contributed by atoms with Gasteiger partial charge in [-0.05, 0) is 32.0 Å². The Balaban J connectivity index is 2.31. The van der Waals surface area contributed by atoms with E-state index in [0.717, 1.165) is 0 Å². The van der Waals surface area contributed by atoms with Crippen molar-refractivity contribution in [2.24, 2.45) is 0 Å². The van der Waals surface area contributed by atoms with Crippen LogP contribution in [-0.4, -0.2) is 27.5 Å². The summed E-state index contributed by atoms with van der Waals surface area (Å²) in [4.78, 5) is 27.5. The molecular formula is C16H15ClN2O3. The number of aliphatic carboxylic acids is 1. The summed E-state index contributed by atoms with van der Waals surface area (Å²) in [6.07, 6.45) is 0. The summed E-state index contributed by atoms with van der Waals surface area (Å²) >= 11 is 6.12. The van der Waals surface area contributed by atoms with Gasteiger partial charge in [-0.15, -0.1) is 0 Å². The normalized spacial score (nSPS) is 11.0. The molecule has 0 saturated carbocycles. The molecule has 6 heteroatoms. The minimum Gasteiger partial charge on any atom is -0.480 e. The average Bonchev–Trinajstić information content (AvgIpc) is 2.47. The number of carbonyl (C=O) groups excluding carboxylic acids is 1. The minimum absolute atomic E-state index is 0.131. The second-order valence-electron chi connectivity index (χ2n) is 5.27. The Morgan fingerprint density at radius 3 is 2.45 bits per heavy atom. The Kier molecular flexibility index (Phi) is 4.47. The van der Waals surface area contributed by atoms with Crippen molar-refractivity contribution in [3.63, 3.8) is 0 Å². The number of nitrogens with zero attached hydrogens (tertiary/aromatic N) is 1. The molecule has 0 radical (unpaired) electrons. The summed E-state index contributed by atoms with van der Waals surface area (Å²) in [6.45, 7) is 2.82. The van der Waals surface area contributed by atoms with E-state index in [0.29, 0.717) is 16.3 Å². The van der Waals surface area contributed by atoms with Gasteiger partial charge < -0.3 is 10.4 Å². The number of nitrogens with one attached hydrogen (secondary N) is 1. The average molecular weight is 319 g/mol. The number of amides is 1. The lowest BCUT2D eigenvalue weighted by Gasteiger charge is -2.20. The van der Waals surface area contributed by atoms with Crippen molar-refractivity contribution < 1.29 is 14.7 Å². The van der Waals surface area contributed by atoms with E-state index in [1.54, 1.807) is 30.3 Å². The van der Waals surface area contributed by atoms with Crippen LogP contribution < -0.4 is 5.32 Å². The standard InChI is InChI=1S/C16H15ClN2O3/c1-16(2,15(21)22)19-14(20)13-9-5-8-12(18-13)10-6-3-4-7-11(10)17/h3-9H,1-2H3,(H,19,20)(H,21,22). The number of benzene rings is 1. The zero-order chi connectivity index (χ0) is 16.3. The van der Waals surface area contributed by atoms with E-state index < -0.39 is 17.4 Å². The van der Waals surface area contributed by atoms with Crippen molar-refractivity contribution in [1.82, 2.24) is 10.3 Å². The van der Waals surface area contributed by atoms with E-state index in [2.05, 4.69) is 10.3 Å². The molecule has 2 rings (SSSR count). The Hall–Kier alpha value is -2.40. The third kappa shape index (κ3) is 3.43. The SMILES string of the molecule is CC(C)(NC(=O)c1cccc(-c2ccccc2Cl)n1)C(=O)O. The molecule has 2 aromatic rings. The molecule has 0 aliphatic rings. The van der Waals surface area contributed by atoms with Gasteiger partial charge >= 0.3 is 5.97 Å². The number of hydrogen-bond acceptors (Lipinski definition) is 3. The monoisotopic (exact) mass is 318 g/mol. The molecule has 5 nitrogen and oxygen atoms in total. The van der Waals surface area contributed by atoms with Gasteiger partial charge in [-0.2, -0.15) is 0 Å². The topological polar surface area (TPSA) is 79.3 Å². The molecule has 114 valence electrons. The first-order chi connectivity index (χ1) is 10.3. The van der Waals surface area contributed by atoms with E-state index in [4.69, 9.17) is 16.7 Å². The van der Waals surface area contributed by atoms with Crippen LogP contribution in [0.25, 0.3) is 11.3 Å². The molecule has 1 heterocycles. The highest BCUT2D eigenvalue weighted by Gasteiger charge is 2.29. The van der Waals surface area contributed by atoms with E-state index in [1.165, 1.54) is 19.9 Å². The minimum atomic E-state index is -1.38. The van der Waals surface area contributed by atoms with Crippen molar-refractivity contribution in [3.8, 4) is 11.3 Å². The summed E-state index contributed by atoms with van der Waals surface area (Å²) in [5, 5.41) is 12.0. The fourth-order valence-corrected chi connectivity index (χ4v) is 2.01. The van der Waals surface area contributed by atoms with Crippen LogP contribution in [0, 0.1) is 0 Å². The van der Waals surface area contributed by atoms with Crippen LogP contribution in [0.5, 0.6) is 0 Å². The molecule has 1 aromatic carbocycles. The molecule has 0 atom stereocenters. The summed E-state index contributed by atoms with van der Waals surface area (Å²) in [7, 11) is 0. The first-order valence-electron chi connectivity index (χ1n) is 6.59. The van der Waals surface area contributed by atoms with Gasteiger partial charge in [0.1, 0.15) is 11.2 Å². The van der Waals surface area contributed by atoms with Gasteiger partial charge in [0.05, 0.1) is 5.69 Å². The number of carbonyl (C=O) groups is 2. The van der Waals surface area contributed by atoms with Gasteiger partial charge in [0.2, 0.25) is 0 Å². The fourth-order valence-electron chi connectivity index (χ4n) is 1.78. The van der Waals surface area contributed by atoms with Gasteiger partial charge in [-0.25, -0.2) is 9.78 Å². The summed E-state index contributed by atoms with van der Waals surface area (Å²) < 4.78 is 0.